The van der Waals surface area contributed by atoms with Crippen molar-refractivity contribution in [1.82, 2.24) is 0 Å². The summed E-state index contributed by atoms with van der Waals surface area (Å²) in [7, 11) is -3.98. The standard InChI is InChI=1S/C19H22N2O4S/c1-5-12-20(17-10-7-16(8-11-17)14(2)3)26(24,25)19-13-18(21(22)23)9-6-15(19)4/h5-11,13-14H,1,12H2,2-4H3. The van der Waals surface area contributed by atoms with Crippen LogP contribution in [-0.4, -0.2) is 19.9 Å². The molecule has 0 atom stereocenters. The zero-order valence-corrected chi connectivity index (χ0v) is 15.9. The van der Waals surface area contributed by atoms with E-state index in [1.54, 1.807) is 19.1 Å². The Bertz CT molecular complexity index is 919. The molecule has 2 rings (SSSR count). The van der Waals surface area contributed by atoms with E-state index in [2.05, 4.69) is 20.4 Å². The van der Waals surface area contributed by atoms with E-state index in [0.717, 1.165) is 11.6 Å². The third-order valence-corrected chi connectivity index (χ3v) is 6.03. The van der Waals surface area contributed by atoms with Gasteiger partial charge in [0.15, 0.2) is 0 Å². The van der Waals surface area contributed by atoms with Gasteiger partial charge in [-0.15, -0.1) is 6.58 Å². The molecular weight excluding hydrogens is 352 g/mol. The first-order valence-corrected chi connectivity index (χ1v) is 9.61. The number of rotatable bonds is 7. The quantitative estimate of drug-likeness (QED) is 0.408. The van der Waals surface area contributed by atoms with Gasteiger partial charge in [0.25, 0.3) is 15.7 Å². The first-order valence-electron chi connectivity index (χ1n) is 8.17. The summed E-state index contributed by atoms with van der Waals surface area (Å²) < 4.78 is 27.6. The van der Waals surface area contributed by atoms with Crippen LogP contribution in [0.1, 0.15) is 30.9 Å². The van der Waals surface area contributed by atoms with Crippen LogP contribution in [0.2, 0.25) is 0 Å². The number of benzene rings is 2. The molecule has 2 aromatic carbocycles. The van der Waals surface area contributed by atoms with Gasteiger partial charge in [0, 0.05) is 12.1 Å². The van der Waals surface area contributed by atoms with Crippen LogP contribution >= 0.6 is 0 Å². The van der Waals surface area contributed by atoms with Crippen LogP contribution in [0, 0.1) is 17.0 Å². The smallest absolute Gasteiger partial charge is 0.263 e. The van der Waals surface area contributed by atoms with E-state index in [9.17, 15) is 18.5 Å². The highest BCUT2D eigenvalue weighted by atomic mass is 32.2. The number of aryl methyl sites for hydroxylation is 1. The minimum atomic E-state index is -3.98. The van der Waals surface area contributed by atoms with Crippen LogP contribution in [-0.2, 0) is 10.0 Å². The average molecular weight is 374 g/mol. The van der Waals surface area contributed by atoms with Crippen molar-refractivity contribution in [2.24, 2.45) is 0 Å². The van der Waals surface area contributed by atoms with Crippen LogP contribution in [0.5, 0.6) is 0 Å². The molecule has 0 unspecified atom stereocenters. The lowest BCUT2D eigenvalue weighted by molar-refractivity contribution is -0.385. The molecule has 0 saturated heterocycles. The second kappa shape index (κ2) is 7.70. The molecule has 0 aliphatic rings. The number of nitro benzene ring substituents is 1. The summed E-state index contributed by atoms with van der Waals surface area (Å²) in [6, 6.07) is 11.1. The van der Waals surface area contributed by atoms with Gasteiger partial charge in [-0.05, 0) is 36.1 Å². The monoisotopic (exact) mass is 374 g/mol. The van der Waals surface area contributed by atoms with E-state index < -0.39 is 14.9 Å². The normalized spacial score (nSPS) is 11.4. The van der Waals surface area contributed by atoms with Gasteiger partial charge in [-0.3, -0.25) is 14.4 Å². The fraction of sp³-hybridized carbons (Fsp3) is 0.263. The van der Waals surface area contributed by atoms with Gasteiger partial charge in [-0.25, -0.2) is 8.42 Å². The van der Waals surface area contributed by atoms with E-state index in [-0.39, 0.29) is 17.1 Å². The Hall–Kier alpha value is -2.67. The highest BCUT2D eigenvalue weighted by Gasteiger charge is 2.27. The van der Waals surface area contributed by atoms with Gasteiger partial charge in [-0.1, -0.05) is 38.1 Å². The maximum atomic E-state index is 13.2. The molecule has 0 N–H and O–H groups in total. The fourth-order valence-electron chi connectivity index (χ4n) is 2.58. The van der Waals surface area contributed by atoms with Crippen molar-refractivity contribution in [3.05, 3.63) is 76.4 Å². The molecule has 26 heavy (non-hydrogen) atoms. The maximum Gasteiger partial charge on any atom is 0.270 e. The zero-order valence-electron chi connectivity index (χ0n) is 15.0. The number of nitro groups is 1. The van der Waals surface area contributed by atoms with E-state index in [1.165, 1.54) is 22.5 Å². The summed E-state index contributed by atoms with van der Waals surface area (Å²) >= 11 is 0. The lowest BCUT2D eigenvalue weighted by Gasteiger charge is -2.24. The molecule has 0 fully saturated rings. The predicted molar refractivity (Wildman–Crippen MR) is 103 cm³/mol. The Morgan fingerprint density at radius 1 is 1.19 bits per heavy atom. The highest BCUT2D eigenvalue weighted by Crippen LogP contribution is 2.29. The lowest BCUT2D eigenvalue weighted by atomic mass is 10.0. The van der Waals surface area contributed by atoms with Crippen molar-refractivity contribution < 1.29 is 13.3 Å². The molecule has 7 heteroatoms. The Kier molecular flexibility index (Phi) is 5.82. The second-order valence-electron chi connectivity index (χ2n) is 6.28. The van der Waals surface area contributed by atoms with Crippen LogP contribution in [0.3, 0.4) is 0 Å². The summed E-state index contributed by atoms with van der Waals surface area (Å²) in [5, 5.41) is 11.0. The van der Waals surface area contributed by atoms with Crippen molar-refractivity contribution in [2.45, 2.75) is 31.6 Å². The largest absolute Gasteiger partial charge is 0.270 e. The summed E-state index contributed by atoms with van der Waals surface area (Å²) in [5.74, 6) is 0.326. The van der Waals surface area contributed by atoms with E-state index in [1.807, 2.05) is 12.1 Å². The SMILES string of the molecule is C=CCN(c1ccc(C(C)C)cc1)S(=O)(=O)c1cc([N+](=O)[O-])ccc1C. The predicted octanol–water partition coefficient (Wildman–Crippen LogP) is 4.41. The molecule has 0 spiro atoms. The Balaban J connectivity index is 2.56. The van der Waals surface area contributed by atoms with Crippen molar-refractivity contribution >= 4 is 21.4 Å². The summed E-state index contributed by atoms with van der Waals surface area (Å²) in [6.45, 7) is 9.42. The van der Waals surface area contributed by atoms with Gasteiger partial charge in [0.2, 0.25) is 0 Å². The minimum Gasteiger partial charge on any atom is -0.263 e. The average Bonchev–Trinajstić information content (AvgIpc) is 2.59. The van der Waals surface area contributed by atoms with Crippen LogP contribution < -0.4 is 4.31 Å². The summed E-state index contributed by atoms with van der Waals surface area (Å²) in [6.07, 6.45) is 1.49. The topological polar surface area (TPSA) is 80.5 Å². The molecule has 0 saturated carbocycles. The van der Waals surface area contributed by atoms with Gasteiger partial charge >= 0.3 is 0 Å². The summed E-state index contributed by atoms with van der Waals surface area (Å²) in [4.78, 5) is 10.4. The molecule has 0 amide bonds. The van der Waals surface area contributed by atoms with Crippen LogP contribution in [0.25, 0.3) is 0 Å². The molecule has 0 bridgehead atoms. The van der Waals surface area contributed by atoms with Gasteiger partial charge in [0.1, 0.15) is 0 Å². The molecule has 0 aliphatic heterocycles. The molecule has 0 heterocycles. The molecule has 0 aliphatic carbocycles. The molecule has 2 aromatic rings. The third-order valence-electron chi connectivity index (χ3n) is 4.09. The van der Waals surface area contributed by atoms with Crippen molar-refractivity contribution in [1.29, 1.82) is 0 Å². The second-order valence-corrected chi connectivity index (χ2v) is 8.11. The first kappa shape index (κ1) is 19.7. The molecular formula is C19H22N2O4S. The van der Waals surface area contributed by atoms with E-state index >= 15 is 0 Å². The molecule has 6 nitrogen and oxygen atoms in total. The zero-order chi connectivity index (χ0) is 19.5. The van der Waals surface area contributed by atoms with Gasteiger partial charge in [0.05, 0.1) is 22.1 Å². The minimum absolute atomic E-state index is 0.0610. The Morgan fingerprint density at radius 3 is 2.31 bits per heavy atom. The molecule has 138 valence electrons. The number of anilines is 1. The van der Waals surface area contributed by atoms with Gasteiger partial charge < -0.3 is 0 Å². The molecule has 0 radical (unpaired) electrons. The Labute approximate surface area is 154 Å². The Morgan fingerprint density at radius 2 is 1.81 bits per heavy atom. The van der Waals surface area contributed by atoms with Crippen molar-refractivity contribution in [3.63, 3.8) is 0 Å². The summed E-state index contributed by atoms with van der Waals surface area (Å²) in [5.41, 5.74) is 1.77. The third kappa shape index (κ3) is 3.94. The lowest BCUT2D eigenvalue weighted by Crippen LogP contribution is -2.31. The number of hydrogen-bond donors (Lipinski definition) is 0. The number of hydrogen-bond acceptors (Lipinski definition) is 4. The molecule has 0 aromatic heterocycles. The highest BCUT2D eigenvalue weighted by molar-refractivity contribution is 7.92. The number of non-ortho nitro benzene ring substituents is 1. The van der Waals surface area contributed by atoms with E-state index in [0.29, 0.717) is 17.2 Å². The van der Waals surface area contributed by atoms with Gasteiger partial charge in [-0.2, -0.15) is 0 Å². The fourth-order valence-corrected chi connectivity index (χ4v) is 4.27. The van der Waals surface area contributed by atoms with Crippen molar-refractivity contribution in [3.8, 4) is 0 Å². The first-order chi connectivity index (χ1) is 12.2. The number of nitrogens with zero attached hydrogens (tertiary/aromatic N) is 2. The van der Waals surface area contributed by atoms with Crippen molar-refractivity contribution in [2.75, 3.05) is 10.8 Å². The van der Waals surface area contributed by atoms with Crippen LogP contribution in [0.15, 0.2) is 60.0 Å². The van der Waals surface area contributed by atoms with Crippen LogP contribution in [0.4, 0.5) is 11.4 Å². The number of sulfonamides is 1. The maximum absolute atomic E-state index is 13.2. The van der Waals surface area contributed by atoms with E-state index in [4.69, 9.17) is 0 Å².